The van der Waals surface area contributed by atoms with Gasteiger partial charge < -0.3 is 10.0 Å². The number of hydrogen-bond acceptors (Lipinski definition) is 2. The second-order valence-electron chi connectivity index (χ2n) is 6.02. The molecule has 0 saturated heterocycles. The van der Waals surface area contributed by atoms with Gasteiger partial charge in [0.2, 0.25) is 5.91 Å². The zero-order valence-electron chi connectivity index (χ0n) is 12.9. The van der Waals surface area contributed by atoms with Crippen LogP contribution in [0.4, 0.5) is 5.69 Å². The molecule has 1 aliphatic rings. The molecular formula is C17H23NO3. The first-order valence-electron chi connectivity index (χ1n) is 7.49. The number of nitrogens with zero attached hydrogens (tertiary/aromatic N) is 1. The maximum atomic E-state index is 12.7. The van der Waals surface area contributed by atoms with Crippen molar-refractivity contribution in [1.82, 2.24) is 0 Å². The lowest BCUT2D eigenvalue weighted by atomic mass is 9.78. The molecule has 1 aliphatic carbocycles. The molecule has 1 aromatic rings. The van der Waals surface area contributed by atoms with Crippen LogP contribution in [-0.2, 0) is 9.59 Å². The Balaban J connectivity index is 2.23. The number of aliphatic carboxylic acids is 1. The van der Waals surface area contributed by atoms with Gasteiger partial charge in [0, 0.05) is 12.7 Å². The summed E-state index contributed by atoms with van der Waals surface area (Å²) in [4.78, 5) is 25.7. The summed E-state index contributed by atoms with van der Waals surface area (Å²) in [6.45, 7) is 3.99. The zero-order chi connectivity index (χ0) is 15.6. The van der Waals surface area contributed by atoms with Crippen molar-refractivity contribution in [3.05, 3.63) is 29.3 Å². The Labute approximate surface area is 125 Å². The standard InChI is InChI=1S/C17H23NO3/c1-11-8-9-15(12(2)10-11)18(3)16(19)13-6-4-5-7-14(13)17(20)21/h8-10,13-14H,4-7H2,1-3H3,(H,20,21)/t13-,14+/m1/s1. The number of anilines is 1. The SMILES string of the molecule is Cc1ccc(N(C)C(=O)[C@@H]2CCCC[C@@H]2C(=O)O)c(C)c1. The number of rotatable bonds is 3. The predicted molar refractivity (Wildman–Crippen MR) is 82.4 cm³/mol. The van der Waals surface area contributed by atoms with Gasteiger partial charge in [0.05, 0.1) is 11.8 Å². The smallest absolute Gasteiger partial charge is 0.307 e. The van der Waals surface area contributed by atoms with Crippen molar-refractivity contribution in [2.45, 2.75) is 39.5 Å². The molecule has 21 heavy (non-hydrogen) atoms. The fourth-order valence-corrected chi connectivity index (χ4v) is 3.27. The topological polar surface area (TPSA) is 57.6 Å². The Bertz CT molecular complexity index is 553. The van der Waals surface area contributed by atoms with Crippen LogP contribution >= 0.6 is 0 Å². The van der Waals surface area contributed by atoms with Gasteiger partial charge in [-0.15, -0.1) is 0 Å². The molecule has 1 fully saturated rings. The molecule has 1 amide bonds. The Kier molecular flexibility index (Phi) is 4.66. The van der Waals surface area contributed by atoms with Crippen molar-refractivity contribution in [1.29, 1.82) is 0 Å². The van der Waals surface area contributed by atoms with E-state index < -0.39 is 17.8 Å². The highest BCUT2D eigenvalue weighted by atomic mass is 16.4. The third-order valence-electron chi connectivity index (χ3n) is 4.44. The van der Waals surface area contributed by atoms with Crippen LogP contribution in [0.25, 0.3) is 0 Å². The Hall–Kier alpha value is -1.84. The third-order valence-corrected chi connectivity index (χ3v) is 4.44. The number of carbonyl (C=O) groups is 2. The third kappa shape index (κ3) is 3.26. The van der Waals surface area contributed by atoms with Crippen molar-refractivity contribution < 1.29 is 14.7 Å². The lowest BCUT2D eigenvalue weighted by Gasteiger charge is -2.31. The molecule has 0 unspecified atom stereocenters. The van der Waals surface area contributed by atoms with Gasteiger partial charge in [-0.3, -0.25) is 9.59 Å². The lowest BCUT2D eigenvalue weighted by Crippen LogP contribution is -2.41. The number of aryl methyl sites for hydroxylation is 2. The lowest BCUT2D eigenvalue weighted by molar-refractivity contribution is -0.148. The first-order chi connectivity index (χ1) is 9.91. The normalized spacial score (nSPS) is 21.9. The van der Waals surface area contributed by atoms with Crippen LogP contribution in [-0.4, -0.2) is 24.0 Å². The van der Waals surface area contributed by atoms with Gasteiger partial charge in [-0.25, -0.2) is 0 Å². The van der Waals surface area contributed by atoms with Gasteiger partial charge in [-0.05, 0) is 38.3 Å². The second-order valence-corrected chi connectivity index (χ2v) is 6.02. The predicted octanol–water partition coefficient (Wildman–Crippen LogP) is 3.16. The van der Waals surface area contributed by atoms with E-state index >= 15 is 0 Å². The highest BCUT2D eigenvalue weighted by Gasteiger charge is 2.37. The minimum absolute atomic E-state index is 0.0750. The molecule has 0 spiro atoms. The van der Waals surface area contributed by atoms with Crippen LogP contribution < -0.4 is 4.90 Å². The summed E-state index contributed by atoms with van der Waals surface area (Å²) in [6, 6.07) is 5.94. The molecule has 2 atom stereocenters. The second kappa shape index (κ2) is 6.29. The van der Waals surface area contributed by atoms with E-state index in [0.717, 1.165) is 29.7 Å². The largest absolute Gasteiger partial charge is 0.481 e. The van der Waals surface area contributed by atoms with E-state index in [0.29, 0.717) is 12.8 Å². The Morgan fingerprint density at radius 3 is 2.33 bits per heavy atom. The number of carboxylic acids is 1. The van der Waals surface area contributed by atoms with E-state index in [9.17, 15) is 14.7 Å². The van der Waals surface area contributed by atoms with Crippen molar-refractivity contribution in [2.24, 2.45) is 11.8 Å². The minimum atomic E-state index is -0.845. The summed E-state index contributed by atoms with van der Waals surface area (Å²) >= 11 is 0. The van der Waals surface area contributed by atoms with E-state index in [1.54, 1.807) is 11.9 Å². The van der Waals surface area contributed by atoms with E-state index in [4.69, 9.17) is 0 Å². The quantitative estimate of drug-likeness (QED) is 0.930. The van der Waals surface area contributed by atoms with Gasteiger partial charge >= 0.3 is 5.97 Å². The monoisotopic (exact) mass is 289 g/mol. The van der Waals surface area contributed by atoms with Gasteiger partial charge in [0.25, 0.3) is 0 Å². The van der Waals surface area contributed by atoms with Crippen LogP contribution in [0.15, 0.2) is 18.2 Å². The molecule has 0 aromatic heterocycles. The number of carboxylic acid groups (broad SMARTS) is 1. The zero-order valence-corrected chi connectivity index (χ0v) is 12.9. The molecule has 4 heteroatoms. The van der Waals surface area contributed by atoms with Crippen molar-refractivity contribution in [3.8, 4) is 0 Å². The summed E-state index contributed by atoms with van der Waals surface area (Å²) in [5, 5.41) is 9.33. The molecule has 0 heterocycles. The maximum Gasteiger partial charge on any atom is 0.307 e. The average Bonchev–Trinajstić information content (AvgIpc) is 2.45. The first kappa shape index (κ1) is 15.5. The Morgan fingerprint density at radius 2 is 1.76 bits per heavy atom. The van der Waals surface area contributed by atoms with Crippen LogP contribution in [0.2, 0.25) is 0 Å². The van der Waals surface area contributed by atoms with Gasteiger partial charge in [0.15, 0.2) is 0 Å². The molecule has 2 rings (SSSR count). The first-order valence-corrected chi connectivity index (χ1v) is 7.49. The summed E-state index contributed by atoms with van der Waals surface area (Å²) < 4.78 is 0. The Morgan fingerprint density at radius 1 is 1.14 bits per heavy atom. The van der Waals surface area contributed by atoms with Crippen molar-refractivity contribution in [3.63, 3.8) is 0 Å². The van der Waals surface area contributed by atoms with E-state index in [1.165, 1.54) is 0 Å². The van der Waals surface area contributed by atoms with Gasteiger partial charge in [0.1, 0.15) is 0 Å². The van der Waals surface area contributed by atoms with Gasteiger partial charge in [-0.2, -0.15) is 0 Å². The molecule has 1 saturated carbocycles. The number of carbonyl (C=O) groups excluding carboxylic acids is 1. The highest BCUT2D eigenvalue weighted by Crippen LogP contribution is 2.33. The molecular weight excluding hydrogens is 266 g/mol. The number of hydrogen-bond donors (Lipinski definition) is 1. The summed E-state index contributed by atoms with van der Waals surface area (Å²) in [6.07, 6.45) is 3.10. The van der Waals surface area contributed by atoms with Crippen molar-refractivity contribution in [2.75, 3.05) is 11.9 Å². The van der Waals surface area contributed by atoms with Crippen LogP contribution in [0.1, 0.15) is 36.8 Å². The molecule has 0 bridgehead atoms. The van der Waals surface area contributed by atoms with Crippen LogP contribution in [0.5, 0.6) is 0 Å². The molecule has 1 aromatic carbocycles. The average molecular weight is 289 g/mol. The summed E-state index contributed by atoms with van der Waals surface area (Å²) in [7, 11) is 1.74. The molecule has 4 nitrogen and oxygen atoms in total. The molecule has 0 radical (unpaired) electrons. The fraction of sp³-hybridized carbons (Fsp3) is 0.529. The van der Waals surface area contributed by atoms with Gasteiger partial charge in [-0.1, -0.05) is 30.5 Å². The van der Waals surface area contributed by atoms with E-state index in [2.05, 4.69) is 0 Å². The van der Waals surface area contributed by atoms with Crippen LogP contribution in [0.3, 0.4) is 0 Å². The van der Waals surface area contributed by atoms with Crippen LogP contribution in [0, 0.1) is 25.7 Å². The number of benzene rings is 1. The fourth-order valence-electron chi connectivity index (χ4n) is 3.27. The highest BCUT2D eigenvalue weighted by molar-refractivity contribution is 5.97. The summed E-state index contributed by atoms with van der Waals surface area (Å²) in [5.41, 5.74) is 3.05. The molecule has 1 N–H and O–H groups in total. The van der Waals surface area contributed by atoms with E-state index in [1.807, 2.05) is 32.0 Å². The summed E-state index contributed by atoms with van der Waals surface area (Å²) in [5.74, 6) is -1.86. The molecule has 0 aliphatic heterocycles. The van der Waals surface area contributed by atoms with Crippen molar-refractivity contribution >= 4 is 17.6 Å². The maximum absolute atomic E-state index is 12.7. The van der Waals surface area contributed by atoms with E-state index in [-0.39, 0.29) is 5.91 Å². The molecule has 114 valence electrons. The number of amides is 1. The minimum Gasteiger partial charge on any atom is -0.481 e.